The molecule has 0 spiro atoms. The van der Waals surface area contributed by atoms with E-state index in [9.17, 15) is 10.0 Å². The van der Waals surface area contributed by atoms with E-state index in [-0.39, 0.29) is 5.37 Å². The van der Waals surface area contributed by atoms with Crippen molar-refractivity contribution in [3.63, 3.8) is 0 Å². The molecule has 0 bridgehead atoms. The number of fused-ring (bicyclic) bond motifs is 1. The quantitative estimate of drug-likeness (QED) is 0.866. The average Bonchev–Trinajstić information content (AvgIpc) is 2.90. The maximum absolute atomic E-state index is 11.3. The number of rotatable bonds is 5. The SMILES string of the molecule is CCCCc1ccc(C2Sc3cc(C(N)=O)ccc3N2O)cc1. The van der Waals surface area contributed by atoms with Crippen LogP contribution in [0.15, 0.2) is 47.4 Å². The molecule has 0 aromatic heterocycles. The lowest BCUT2D eigenvalue weighted by Gasteiger charge is -2.19. The van der Waals surface area contributed by atoms with Crippen LogP contribution in [0.4, 0.5) is 5.69 Å². The topological polar surface area (TPSA) is 66.6 Å². The van der Waals surface area contributed by atoms with E-state index in [1.807, 2.05) is 0 Å². The molecule has 0 aliphatic carbocycles. The molecule has 2 aromatic carbocycles. The number of thioether (sulfide) groups is 1. The molecule has 1 aliphatic rings. The Kier molecular flexibility index (Phi) is 4.59. The molecule has 1 heterocycles. The van der Waals surface area contributed by atoms with Gasteiger partial charge in [-0.05, 0) is 42.2 Å². The number of nitrogens with two attached hydrogens (primary N) is 1. The maximum atomic E-state index is 11.3. The van der Waals surface area contributed by atoms with Crippen LogP contribution < -0.4 is 10.8 Å². The first-order valence-corrected chi connectivity index (χ1v) is 8.65. The van der Waals surface area contributed by atoms with Crippen molar-refractivity contribution in [3.05, 3.63) is 59.2 Å². The largest absolute Gasteiger partial charge is 0.366 e. The van der Waals surface area contributed by atoms with E-state index in [1.165, 1.54) is 35.2 Å². The summed E-state index contributed by atoms with van der Waals surface area (Å²) >= 11 is 1.52. The highest BCUT2D eigenvalue weighted by Crippen LogP contribution is 2.50. The number of hydrogen-bond donors (Lipinski definition) is 2. The van der Waals surface area contributed by atoms with Gasteiger partial charge in [-0.15, -0.1) is 0 Å². The molecule has 1 unspecified atom stereocenters. The van der Waals surface area contributed by atoms with Crippen LogP contribution in [-0.4, -0.2) is 11.1 Å². The second-order valence-electron chi connectivity index (χ2n) is 5.71. The fourth-order valence-electron chi connectivity index (χ4n) is 2.69. The minimum absolute atomic E-state index is 0.201. The maximum Gasteiger partial charge on any atom is 0.248 e. The summed E-state index contributed by atoms with van der Waals surface area (Å²) in [5.74, 6) is -0.457. The Bertz CT molecular complexity index is 715. The van der Waals surface area contributed by atoms with Gasteiger partial charge >= 0.3 is 0 Å². The van der Waals surface area contributed by atoms with Crippen molar-refractivity contribution in [2.24, 2.45) is 5.73 Å². The zero-order valence-electron chi connectivity index (χ0n) is 13.0. The van der Waals surface area contributed by atoms with Gasteiger partial charge in [-0.25, -0.2) is 5.06 Å². The number of carbonyl (C=O) groups excluding carboxylic acids is 1. The second-order valence-corrected chi connectivity index (χ2v) is 6.83. The Hall–Kier alpha value is -1.98. The lowest BCUT2D eigenvalue weighted by molar-refractivity contribution is 0.1000. The van der Waals surface area contributed by atoms with Crippen molar-refractivity contribution in [1.29, 1.82) is 0 Å². The molecule has 5 heteroatoms. The van der Waals surface area contributed by atoms with Crippen molar-refractivity contribution >= 4 is 23.4 Å². The number of benzene rings is 2. The summed E-state index contributed by atoms with van der Waals surface area (Å²) < 4.78 is 0. The van der Waals surface area contributed by atoms with Crippen molar-refractivity contribution in [1.82, 2.24) is 0 Å². The Morgan fingerprint density at radius 1 is 1.26 bits per heavy atom. The molecular weight excluding hydrogens is 308 g/mol. The third-order valence-corrected chi connectivity index (χ3v) is 5.31. The van der Waals surface area contributed by atoms with Gasteiger partial charge in [-0.1, -0.05) is 49.4 Å². The highest BCUT2D eigenvalue weighted by atomic mass is 32.2. The van der Waals surface area contributed by atoms with E-state index in [0.29, 0.717) is 11.3 Å². The lowest BCUT2D eigenvalue weighted by Crippen LogP contribution is -2.18. The summed E-state index contributed by atoms with van der Waals surface area (Å²) in [7, 11) is 0. The fourth-order valence-corrected chi connectivity index (χ4v) is 3.91. The normalized spacial score (nSPS) is 16.4. The summed E-state index contributed by atoms with van der Waals surface area (Å²) in [6.07, 6.45) is 3.45. The molecule has 4 nitrogen and oxygen atoms in total. The first-order chi connectivity index (χ1) is 11.1. The zero-order chi connectivity index (χ0) is 16.4. The lowest BCUT2D eigenvalue weighted by atomic mass is 10.1. The zero-order valence-corrected chi connectivity index (χ0v) is 13.8. The summed E-state index contributed by atoms with van der Waals surface area (Å²) in [6, 6.07) is 13.5. The van der Waals surface area contributed by atoms with Crippen LogP contribution in [-0.2, 0) is 6.42 Å². The number of aryl methyl sites for hydroxylation is 1. The fraction of sp³-hybridized carbons (Fsp3) is 0.278. The first kappa shape index (κ1) is 15.9. The van der Waals surface area contributed by atoms with Gasteiger partial charge < -0.3 is 5.73 Å². The number of anilines is 1. The predicted molar refractivity (Wildman–Crippen MR) is 92.9 cm³/mol. The van der Waals surface area contributed by atoms with Crippen LogP contribution in [0.25, 0.3) is 0 Å². The van der Waals surface area contributed by atoms with Gasteiger partial charge in [0.15, 0.2) is 0 Å². The third-order valence-electron chi connectivity index (χ3n) is 4.04. The molecular formula is C18H20N2O2S. The number of primary amides is 1. The molecule has 0 fully saturated rings. The number of nitrogens with zero attached hydrogens (tertiary/aromatic N) is 1. The van der Waals surface area contributed by atoms with Crippen LogP contribution in [0.5, 0.6) is 0 Å². The van der Waals surface area contributed by atoms with Crippen LogP contribution in [0, 0.1) is 0 Å². The molecule has 0 radical (unpaired) electrons. The highest BCUT2D eigenvalue weighted by molar-refractivity contribution is 8.00. The van der Waals surface area contributed by atoms with E-state index in [1.54, 1.807) is 18.2 Å². The number of hydrogen-bond acceptors (Lipinski definition) is 4. The second kappa shape index (κ2) is 6.64. The van der Waals surface area contributed by atoms with Crippen molar-refractivity contribution < 1.29 is 10.0 Å². The van der Waals surface area contributed by atoms with Crippen LogP contribution in [0.2, 0.25) is 0 Å². The Balaban J connectivity index is 1.81. The Morgan fingerprint density at radius 2 is 2.00 bits per heavy atom. The summed E-state index contributed by atoms with van der Waals surface area (Å²) in [6.45, 7) is 2.19. The van der Waals surface area contributed by atoms with Crippen LogP contribution in [0.3, 0.4) is 0 Å². The minimum atomic E-state index is -0.457. The predicted octanol–water partition coefficient (Wildman–Crippen LogP) is 4.13. The number of unbranched alkanes of at least 4 members (excludes halogenated alkanes) is 1. The smallest absolute Gasteiger partial charge is 0.248 e. The van der Waals surface area contributed by atoms with Gasteiger partial charge in [-0.3, -0.25) is 10.0 Å². The standard InChI is InChI=1S/C18H20N2O2S/c1-2-3-4-12-5-7-13(8-6-12)18-20(22)15-10-9-14(17(19)21)11-16(15)23-18/h5-11,18,22H,2-4H2,1H3,(H2,19,21). The molecule has 3 N–H and O–H groups in total. The molecule has 3 rings (SSSR count). The average molecular weight is 328 g/mol. The molecule has 0 saturated carbocycles. The highest BCUT2D eigenvalue weighted by Gasteiger charge is 2.31. The van der Waals surface area contributed by atoms with Crippen LogP contribution in [0.1, 0.15) is 46.6 Å². The summed E-state index contributed by atoms with van der Waals surface area (Å²) in [4.78, 5) is 12.2. The first-order valence-electron chi connectivity index (χ1n) is 7.77. The summed E-state index contributed by atoms with van der Waals surface area (Å²) in [5, 5.41) is 11.5. The third kappa shape index (κ3) is 3.21. The van der Waals surface area contributed by atoms with Crippen molar-refractivity contribution in [2.45, 2.75) is 36.5 Å². The molecule has 1 aliphatic heterocycles. The molecule has 1 atom stereocenters. The molecule has 120 valence electrons. The summed E-state index contributed by atoms with van der Waals surface area (Å²) in [5.41, 5.74) is 8.84. The number of amides is 1. The van der Waals surface area contributed by atoms with Crippen LogP contribution >= 0.6 is 11.8 Å². The van der Waals surface area contributed by atoms with E-state index in [0.717, 1.165) is 16.9 Å². The Morgan fingerprint density at radius 3 is 2.65 bits per heavy atom. The van der Waals surface area contributed by atoms with Gasteiger partial charge in [-0.2, -0.15) is 0 Å². The van der Waals surface area contributed by atoms with Gasteiger partial charge in [0.1, 0.15) is 5.37 Å². The monoisotopic (exact) mass is 328 g/mol. The van der Waals surface area contributed by atoms with Gasteiger partial charge in [0.25, 0.3) is 0 Å². The van der Waals surface area contributed by atoms with E-state index >= 15 is 0 Å². The minimum Gasteiger partial charge on any atom is -0.366 e. The molecule has 1 amide bonds. The van der Waals surface area contributed by atoms with E-state index in [2.05, 4.69) is 31.2 Å². The van der Waals surface area contributed by atoms with Gasteiger partial charge in [0.05, 0.1) is 5.69 Å². The molecule has 2 aromatic rings. The Labute approximate surface area is 140 Å². The molecule has 0 saturated heterocycles. The van der Waals surface area contributed by atoms with Gasteiger partial charge in [0.2, 0.25) is 5.91 Å². The number of hydroxylamine groups is 1. The van der Waals surface area contributed by atoms with Crippen molar-refractivity contribution in [3.8, 4) is 0 Å². The van der Waals surface area contributed by atoms with Crippen molar-refractivity contribution in [2.75, 3.05) is 5.06 Å². The van der Waals surface area contributed by atoms with E-state index < -0.39 is 5.91 Å². The number of carbonyl (C=O) groups is 1. The van der Waals surface area contributed by atoms with Gasteiger partial charge in [0, 0.05) is 10.5 Å². The molecule has 23 heavy (non-hydrogen) atoms. The van der Waals surface area contributed by atoms with E-state index in [4.69, 9.17) is 5.73 Å².